The normalized spacial score (nSPS) is 13.1. The van der Waals surface area contributed by atoms with Crippen molar-refractivity contribution in [3.05, 3.63) is 29.8 Å². The number of benzene rings is 1. The smallest absolute Gasteiger partial charge is 0.427 e. The Kier molecular flexibility index (Phi) is 4.39. The molecule has 0 fully saturated rings. The molecule has 0 saturated carbocycles. The van der Waals surface area contributed by atoms with E-state index in [0.717, 1.165) is 17.1 Å². The number of fused-ring (bicyclic) bond motifs is 1. The Hall–Kier alpha value is -2.50. The van der Waals surface area contributed by atoms with E-state index in [2.05, 4.69) is 15.3 Å². The Labute approximate surface area is 110 Å². The molecule has 0 saturated heterocycles. The van der Waals surface area contributed by atoms with Gasteiger partial charge in [-0.3, -0.25) is 0 Å². The van der Waals surface area contributed by atoms with Gasteiger partial charge in [-0.15, -0.1) is 0 Å². The number of carbonyl (C=O) groups is 1. The summed E-state index contributed by atoms with van der Waals surface area (Å²) < 4.78 is 15.1. The Morgan fingerprint density at radius 1 is 1.47 bits per heavy atom. The first-order valence-corrected chi connectivity index (χ1v) is 5.81. The standard InChI is InChI=1S/C13H14N2O4/c1-2-17-13(16)15-14-7-3-4-10-5-6-11-12(8-10)19-9-18-11/h3-8H,2,9H2,1H3,(H,15,16). The van der Waals surface area contributed by atoms with Crippen molar-refractivity contribution in [2.75, 3.05) is 13.4 Å². The molecule has 0 bridgehead atoms. The first-order valence-electron chi connectivity index (χ1n) is 5.81. The molecule has 6 nitrogen and oxygen atoms in total. The average Bonchev–Trinajstić information content (AvgIpc) is 2.86. The number of amides is 1. The SMILES string of the molecule is CCOC(=O)NN=CC=Cc1ccc2c(c1)OCO2. The number of allylic oxidation sites excluding steroid dienone is 1. The molecule has 1 aliphatic heterocycles. The maximum absolute atomic E-state index is 10.9. The largest absolute Gasteiger partial charge is 0.454 e. The van der Waals surface area contributed by atoms with Gasteiger partial charge in [-0.1, -0.05) is 12.1 Å². The van der Waals surface area contributed by atoms with Crippen molar-refractivity contribution in [2.45, 2.75) is 6.92 Å². The summed E-state index contributed by atoms with van der Waals surface area (Å²) in [4.78, 5) is 10.9. The lowest BCUT2D eigenvalue weighted by molar-refractivity contribution is 0.152. The van der Waals surface area contributed by atoms with E-state index >= 15 is 0 Å². The number of nitrogens with zero attached hydrogens (tertiary/aromatic N) is 1. The van der Waals surface area contributed by atoms with E-state index in [0.29, 0.717) is 6.61 Å². The molecule has 19 heavy (non-hydrogen) atoms. The Morgan fingerprint density at radius 3 is 3.16 bits per heavy atom. The second kappa shape index (κ2) is 6.44. The first kappa shape index (κ1) is 12.9. The Morgan fingerprint density at radius 2 is 2.32 bits per heavy atom. The summed E-state index contributed by atoms with van der Waals surface area (Å²) in [5, 5.41) is 3.69. The van der Waals surface area contributed by atoms with Gasteiger partial charge in [0.1, 0.15) is 0 Å². The van der Waals surface area contributed by atoms with Gasteiger partial charge in [0.2, 0.25) is 6.79 Å². The molecule has 1 aliphatic rings. The zero-order valence-electron chi connectivity index (χ0n) is 10.5. The van der Waals surface area contributed by atoms with Crippen LogP contribution < -0.4 is 14.9 Å². The molecule has 0 atom stereocenters. The molecule has 1 heterocycles. The van der Waals surface area contributed by atoms with Gasteiger partial charge in [-0.25, -0.2) is 10.2 Å². The van der Waals surface area contributed by atoms with Gasteiger partial charge in [0.25, 0.3) is 0 Å². The Balaban J connectivity index is 1.85. The maximum Gasteiger partial charge on any atom is 0.427 e. The van der Waals surface area contributed by atoms with Crippen LogP contribution in [0.4, 0.5) is 4.79 Å². The minimum Gasteiger partial charge on any atom is -0.454 e. The second-order valence-electron chi connectivity index (χ2n) is 3.58. The summed E-state index contributed by atoms with van der Waals surface area (Å²) in [6.07, 6.45) is 4.42. The lowest BCUT2D eigenvalue weighted by Gasteiger charge is -1.97. The van der Waals surface area contributed by atoms with Gasteiger partial charge in [-0.05, 0) is 30.7 Å². The van der Waals surface area contributed by atoms with Crippen molar-refractivity contribution < 1.29 is 19.0 Å². The van der Waals surface area contributed by atoms with E-state index in [9.17, 15) is 4.79 Å². The van der Waals surface area contributed by atoms with Gasteiger partial charge in [0.05, 0.1) is 6.61 Å². The summed E-state index contributed by atoms with van der Waals surface area (Å²) in [6.45, 7) is 2.30. The number of nitrogens with one attached hydrogen (secondary N) is 1. The fourth-order valence-electron chi connectivity index (χ4n) is 1.47. The van der Waals surface area contributed by atoms with Crippen LogP contribution in [0, 0.1) is 0 Å². The molecular weight excluding hydrogens is 248 g/mol. The van der Waals surface area contributed by atoms with Crippen molar-refractivity contribution in [3.8, 4) is 11.5 Å². The summed E-state index contributed by atoms with van der Waals surface area (Å²) >= 11 is 0. The van der Waals surface area contributed by atoms with E-state index in [1.165, 1.54) is 6.21 Å². The Bertz CT molecular complexity index is 511. The minimum absolute atomic E-state index is 0.257. The average molecular weight is 262 g/mol. The molecular formula is C13H14N2O4. The van der Waals surface area contributed by atoms with Crippen molar-refractivity contribution in [1.82, 2.24) is 5.43 Å². The summed E-state index contributed by atoms with van der Waals surface area (Å²) in [5.74, 6) is 1.47. The molecule has 1 N–H and O–H groups in total. The topological polar surface area (TPSA) is 69.2 Å². The number of hydrogen-bond acceptors (Lipinski definition) is 5. The number of hydrogen-bond donors (Lipinski definition) is 1. The lowest BCUT2D eigenvalue weighted by atomic mass is 10.2. The van der Waals surface area contributed by atoms with Gasteiger partial charge in [-0.2, -0.15) is 5.10 Å². The van der Waals surface area contributed by atoms with Crippen LogP contribution in [-0.4, -0.2) is 25.7 Å². The van der Waals surface area contributed by atoms with Crippen LogP contribution in [0.3, 0.4) is 0 Å². The van der Waals surface area contributed by atoms with Crippen LogP contribution in [0.5, 0.6) is 11.5 Å². The molecule has 0 radical (unpaired) electrons. The third-order valence-corrected chi connectivity index (χ3v) is 2.28. The second-order valence-corrected chi connectivity index (χ2v) is 3.58. The van der Waals surface area contributed by atoms with Crippen molar-refractivity contribution in [1.29, 1.82) is 0 Å². The van der Waals surface area contributed by atoms with Crippen LogP contribution in [0.25, 0.3) is 6.08 Å². The minimum atomic E-state index is -0.574. The summed E-state index contributed by atoms with van der Waals surface area (Å²) in [5.41, 5.74) is 3.17. The van der Waals surface area contributed by atoms with Crippen LogP contribution in [-0.2, 0) is 4.74 Å². The molecule has 6 heteroatoms. The third kappa shape index (κ3) is 3.74. The quantitative estimate of drug-likeness (QED) is 0.667. The maximum atomic E-state index is 10.9. The fraction of sp³-hybridized carbons (Fsp3) is 0.231. The number of hydrazone groups is 1. The monoisotopic (exact) mass is 262 g/mol. The molecule has 1 amide bonds. The van der Waals surface area contributed by atoms with E-state index < -0.39 is 6.09 Å². The highest BCUT2D eigenvalue weighted by Gasteiger charge is 2.11. The van der Waals surface area contributed by atoms with Gasteiger partial charge < -0.3 is 14.2 Å². The van der Waals surface area contributed by atoms with Crippen molar-refractivity contribution >= 4 is 18.4 Å². The summed E-state index contributed by atoms with van der Waals surface area (Å²) in [6, 6.07) is 5.61. The molecule has 2 rings (SSSR count). The van der Waals surface area contributed by atoms with Crippen LogP contribution in [0.2, 0.25) is 0 Å². The molecule has 0 aromatic heterocycles. The first-order chi connectivity index (χ1) is 9.29. The molecule has 100 valence electrons. The number of carbonyl (C=O) groups excluding carboxylic acids is 1. The van der Waals surface area contributed by atoms with Gasteiger partial charge in [0.15, 0.2) is 11.5 Å². The van der Waals surface area contributed by atoms with Gasteiger partial charge >= 0.3 is 6.09 Å². The molecule has 1 aromatic rings. The zero-order valence-corrected chi connectivity index (χ0v) is 10.5. The number of rotatable bonds is 4. The molecule has 0 unspecified atom stereocenters. The molecule has 0 aliphatic carbocycles. The van der Waals surface area contributed by atoms with Crippen LogP contribution >= 0.6 is 0 Å². The van der Waals surface area contributed by atoms with Crippen LogP contribution in [0.1, 0.15) is 12.5 Å². The number of ether oxygens (including phenoxy) is 3. The van der Waals surface area contributed by atoms with Gasteiger partial charge in [0, 0.05) is 6.21 Å². The van der Waals surface area contributed by atoms with Crippen molar-refractivity contribution in [3.63, 3.8) is 0 Å². The highest BCUT2D eigenvalue weighted by Crippen LogP contribution is 2.32. The highest BCUT2D eigenvalue weighted by atomic mass is 16.7. The predicted molar refractivity (Wildman–Crippen MR) is 70.2 cm³/mol. The van der Waals surface area contributed by atoms with Crippen molar-refractivity contribution in [2.24, 2.45) is 5.10 Å². The molecule has 0 spiro atoms. The van der Waals surface area contributed by atoms with E-state index in [4.69, 9.17) is 9.47 Å². The molecule has 1 aromatic carbocycles. The van der Waals surface area contributed by atoms with E-state index in [1.54, 1.807) is 13.0 Å². The predicted octanol–water partition coefficient (Wildman–Crippen LogP) is 2.16. The fourth-order valence-corrected chi connectivity index (χ4v) is 1.47. The summed E-state index contributed by atoms with van der Waals surface area (Å²) in [7, 11) is 0. The lowest BCUT2D eigenvalue weighted by Crippen LogP contribution is -2.18. The highest BCUT2D eigenvalue weighted by molar-refractivity contribution is 5.79. The van der Waals surface area contributed by atoms with Crippen LogP contribution in [0.15, 0.2) is 29.4 Å². The van der Waals surface area contributed by atoms with E-state index in [-0.39, 0.29) is 6.79 Å². The third-order valence-electron chi connectivity index (χ3n) is 2.28. The zero-order chi connectivity index (χ0) is 13.5. The van der Waals surface area contributed by atoms with E-state index in [1.807, 2.05) is 24.3 Å².